The smallest absolute Gasteiger partial charge is 0.417 e. The van der Waals surface area contributed by atoms with Crippen molar-refractivity contribution < 1.29 is 9.53 Å². The van der Waals surface area contributed by atoms with E-state index in [0.717, 1.165) is 0 Å². The highest BCUT2D eigenvalue weighted by Gasteiger charge is 1.93. The molecule has 0 amide bonds. The van der Waals surface area contributed by atoms with Gasteiger partial charge in [-0.3, -0.25) is 0 Å². The number of carbonyl (C=O) groups excluding carboxylic acids is 1. The van der Waals surface area contributed by atoms with Gasteiger partial charge >= 0.3 is 6.47 Å². The van der Waals surface area contributed by atoms with Gasteiger partial charge in [-0.1, -0.05) is 19.1 Å². The minimum atomic E-state index is 0.302. The van der Waals surface area contributed by atoms with Crippen molar-refractivity contribution in [3.05, 3.63) is 12.2 Å². The highest BCUT2D eigenvalue weighted by Crippen LogP contribution is 1.95. The zero-order valence-corrected chi connectivity index (χ0v) is 5.76. The maximum absolute atomic E-state index is 9.54. The molecule has 0 rings (SSSR count). The van der Waals surface area contributed by atoms with Gasteiger partial charge in [0.15, 0.2) is 0 Å². The maximum atomic E-state index is 9.54. The molecule has 0 heterocycles. The van der Waals surface area contributed by atoms with Gasteiger partial charge < -0.3 is 4.74 Å². The van der Waals surface area contributed by atoms with E-state index in [9.17, 15) is 4.79 Å². The van der Waals surface area contributed by atoms with Crippen molar-refractivity contribution in [1.82, 2.24) is 0 Å². The van der Waals surface area contributed by atoms with E-state index in [0.29, 0.717) is 12.5 Å². The molecule has 0 saturated carbocycles. The lowest BCUT2D eigenvalue weighted by Gasteiger charge is -2.00. The number of hydrogen-bond donors (Lipinski definition) is 0. The predicted molar refractivity (Wildman–Crippen MR) is 35.6 cm³/mol. The number of allylic oxidation sites excluding steroid dienone is 1. The molecule has 0 aromatic carbocycles. The highest BCUT2D eigenvalue weighted by atomic mass is 16.5. The van der Waals surface area contributed by atoms with Gasteiger partial charge in [0.25, 0.3) is 0 Å². The molecule has 0 aliphatic carbocycles. The summed E-state index contributed by atoms with van der Waals surface area (Å²) >= 11 is 0. The molecule has 0 N–H and O–H groups in total. The van der Waals surface area contributed by atoms with E-state index in [4.69, 9.17) is 0 Å². The first-order valence-corrected chi connectivity index (χ1v) is 2.93. The molecule has 51 valence electrons. The Kier molecular flexibility index (Phi) is 4.88. The van der Waals surface area contributed by atoms with Gasteiger partial charge in [-0.25, -0.2) is 4.79 Å². The minimum absolute atomic E-state index is 0.302. The van der Waals surface area contributed by atoms with Crippen LogP contribution in [0.5, 0.6) is 0 Å². The van der Waals surface area contributed by atoms with E-state index in [2.05, 4.69) is 4.74 Å². The third kappa shape index (κ3) is 5.07. The summed E-state index contributed by atoms with van der Waals surface area (Å²) in [6.07, 6.45) is 3.90. The van der Waals surface area contributed by atoms with Crippen LogP contribution < -0.4 is 0 Å². The van der Waals surface area contributed by atoms with E-state index in [-0.39, 0.29) is 0 Å². The van der Waals surface area contributed by atoms with Crippen LogP contribution in [0.3, 0.4) is 0 Å². The second-order valence-corrected chi connectivity index (χ2v) is 1.90. The summed E-state index contributed by atoms with van der Waals surface area (Å²) in [7, 11) is 0. The molecule has 0 aliphatic heterocycles. The van der Waals surface area contributed by atoms with E-state index in [1.807, 2.05) is 26.0 Å². The van der Waals surface area contributed by atoms with E-state index in [1.54, 1.807) is 0 Å². The van der Waals surface area contributed by atoms with Crippen molar-refractivity contribution in [2.45, 2.75) is 13.8 Å². The van der Waals surface area contributed by atoms with Crippen LogP contribution in [0, 0.1) is 5.92 Å². The van der Waals surface area contributed by atoms with Gasteiger partial charge in [0.05, 0.1) is 6.61 Å². The lowest BCUT2D eigenvalue weighted by atomic mass is 10.2. The first-order chi connectivity index (χ1) is 4.31. The van der Waals surface area contributed by atoms with Gasteiger partial charge in [-0.05, 0) is 6.92 Å². The maximum Gasteiger partial charge on any atom is 0.417 e. The molecule has 0 spiro atoms. The van der Waals surface area contributed by atoms with E-state index in [1.165, 1.54) is 6.47 Å². The van der Waals surface area contributed by atoms with E-state index >= 15 is 0 Å². The molecule has 2 heteroatoms. The third-order valence-corrected chi connectivity index (χ3v) is 0.926. The fourth-order valence-corrected chi connectivity index (χ4v) is 0.550. The largest absolute Gasteiger partial charge is 0.457 e. The zero-order valence-electron chi connectivity index (χ0n) is 5.76. The summed E-state index contributed by atoms with van der Waals surface area (Å²) < 4.78 is 4.39. The third-order valence-electron chi connectivity index (χ3n) is 0.926. The van der Waals surface area contributed by atoms with Crippen LogP contribution in [0.1, 0.15) is 13.8 Å². The minimum Gasteiger partial charge on any atom is -0.457 e. The quantitative estimate of drug-likeness (QED) is 0.532. The lowest BCUT2D eigenvalue weighted by molar-refractivity contribution is 0.252. The van der Waals surface area contributed by atoms with Gasteiger partial charge in [0.2, 0.25) is 0 Å². The van der Waals surface area contributed by atoms with Crippen molar-refractivity contribution in [3.63, 3.8) is 0 Å². The first kappa shape index (κ1) is 8.21. The summed E-state index contributed by atoms with van der Waals surface area (Å²) in [5.74, 6) is 0.302. The number of ether oxygens (including phenoxy) is 1. The van der Waals surface area contributed by atoms with Crippen molar-refractivity contribution in [3.8, 4) is 0 Å². The van der Waals surface area contributed by atoms with Crippen LogP contribution in [-0.4, -0.2) is 13.1 Å². The lowest BCUT2D eigenvalue weighted by Crippen LogP contribution is -2.00. The second-order valence-electron chi connectivity index (χ2n) is 1.90. The molecule has 0 bridgehead atoms. The molecule has 2 nitrogen and oxygen atoms in total. The van der Waals surface area contributed by atoms with Gasteiger partial charge in [0, 0.05) is 5.92 Å². The Morgan fingerprint density at radius 3 is 2.89 bits per heavy atom. The van der Waals surface area contributed by atoms with Crippen LogP contribution in [0.15, 0.2) is 12.2 Å². The van der Waals surface area contributed by atoms with Crippen LogP contribution >= 0.6 is 0 Å². The van der Waals surface area contributed by atoms with Crippen LogP contribution in [0.25, 0.3) is 0 Å². The summed E-state index contributed by atoms with van der Waals surface area (Å²) in [4.78, 5) is 9.54. The number of hydrogen-bond acceptors (Lipinski definition) is 2. The Balaban J connectivity index is 3.25. The molecule has 0 aromatic heterocycles. The summed E-state index contributed by atoms with van der Waals surface area (Å²) in [6, 6.07) is 0. The molecule has 0 saturated heterocycles. The highest BCUT2D eigenvalue weighted by molar-refractivity contribution is 5.38. The first-order valence-electron chi connectivity index (χ1n) is 2.93. The normalized spacial score (nSPS) is 13.6. The molecule has 0 aromatic rings. The Bertz CT molecular complexity index is 97.1. The van der Waals surface area contributed by atoms with Crippen LogP contribution in [0.4, 0.5) is 0 Å². The Morgan fingerprint density at radius 1 is 1.78 bits per heavy atom. The summed E-state index contributed by atoms with van der Waals surface area (Å²) in [5.41, 5.74) is 0. The van der Waals surface area contributed by atoms with Crippen molar-refractivity contribution in [1.29, 1.82) is 0 Å². The topological polar surface area (TPSA) is 26.3 Å². The van der Waals surface area contributed by atoms with E-state index < -0.39 is 0 Å². The second kappa shape index (κ2) is 5.35. The molecule has 1 unspecified atom stereocenters. The Hall–Kier alpha value is -0.790. The summed E-state index contributed by atoms with van der Waals surface area (Å²) in [5, 5.41) is 0. The zero-order chi connectivity index (χ0) is 7.11. The predicted octanol–water partition coefficient (Wildman–Crippen LogP) is 1.28. The van der Waals surface area contributed by atoms with Crippen molar-refractivity contribution in [2.75, 3.05) is 6.61 Å². The van der Waals surface area contributed by atoms with Crippen molar-refractivity contribution >= 4 is 6.47 Å². The molecular weight excluding hydrogens is 116 g/mol. The van der Waals surface area contributed by atoms with Gasteiger partial charge in [0.1, 0.15) is 0 Å². The van der Waals surface area contributed by atoms with Gasteiger partial charge in [-0.15, -0.1) is 0 Å². The molecule has 1 radical (unpaired) electrons. The van der Waals surface area contributed by atoms with Crippen LogP contribution in [-0.2, 0) is 9.53 Å². The van der Waals surface area contributed by atoms with Gasteiger partial charge in [-0.2, -0.15) is 0 Å². The summed E-state index contributed by atoms with van der Waals surface area (Å²) in [6.45, 7) is 5.70. The molecule has 0 fully saturated rings. The Morgan fingerprint density at radius 2 is 2.44 bits per heavy atom. The van der Waals surface area contributed by atoms with Crippen molar-refractivity contribution in [2.24, 2.45) is 5.92 Å². The standard InChI is InChI=1S/C7H11O2/c1-3-4-7(2)5-9-6-8/h3-4,7H,5H2,1-2H3. The molecule has 0 aliphatic rings. The molecule has 1 atom stereocenters. The fraction of sp³-hybridized carbons (Fsp3) is 0.571. The average Bonchev–Trinajstić information content (AvgIpc) is 1.85. The SMILES string of the molecule is CC=CC(C)CO[C]=O. The molecule has 9 heavy (non-hydrogen) atoms. The average molecular weight is 127 g/mol. The van der Waals surface area contributed by atoms with Crippen LogP contribution in [0.2, 0.25) is 0 Å². The molecular formula is C7H11O2. The number of rotatable bonds is 4. The monoisotopic (exact) mass is 127 g/mol. The Labute approximate surface area is 55.5 Å². The fourth-order valence-electron chi connectivity index (χ4n) is 0.550.